The number of carbonyl (C=O) groups is 1. The number of hydrogen-bond acceptors (Lipinski definition) is 3. The van der Waals surface area contributed by atoms with Gasteiger partial charge in [-0.05, 0) is 30.3 Å². The van der Waals surface area contributed by atoms with Crippen LogP contribution in [0.15, 0.2) is 36.5 Å². The first kappa shape index (κ1) is 20.0. The molecule has 0 spiro atoms. The second-order valence-corrected chi connectivity index (χ2v) is 5.90. The summed E-state index contributed by atoms with van der Waals surface area (Å²) in [7, 11) is 0. The van der Waals surface area contributed by atoms with E-state index in [4.69, 9.17) is 0 Å². The van der Waals surface area contributed by atoms with Crippen LogP contribution in [0, 0.1) is 0 Å². The molecule has 1 N–H and O–H groups in total. The maximum absolute atomic E-state index is 12.5. The Bertz CT molecular complexity index is 723. The fraction of sp³-hybridized carbons (Fsp3) is 0.444. The fourth-order valence-electron chi connectivity index (χ4n) is 2.57. The number of hydrogen-bond donors (Lipinski definition) is 1. The number of nitrogens with zero attached hydrogens (tertiary/aromatic N) is 3. The van der Waals surface area contributed by atoms with Crippen LogP contribution >= 0.6 is 0 Å². The molecule has 0 aliphatic rings. The number of rotatable bonds is 8. The Kier molecular flexibility index (Phi) is 6.79. The first-order valence-electron chi connectivity index (χ1n) is 8.50. The highest BCUT2D eigenvalue weighted by Crippen LogP contribution is 2.27. The second kappa shape index (κ2) is 8.84. The summed E-state index contributed by atoms with van der Waals surface area (Å²) in [4.78, 5) is 14.3. The molecule has 0 bridgehead atoms. The third-order valence-corrected chi connectivity index (χ3v) is 4.12. The Balaban J connectivity index is 1.94. The first-order chi connectivity index (χ1) is 12.3. The van der Waals surface area contributed by atoms with Crippen molar-refractivity contribution < 1.29 is 18.0 Å². The van der Waals surface area contributed by atoms with E-state index in [1.54, 1.807) is 0 Å². The van der Waals surface area contributed by atoms with Crippen molar-refractivity contribution in [3.63, 3.8) is 0 Å². The molecular formula is C18H23F3N4O. The van der Waals surface area contributed by atoms with E-state index in [0.717, 1.165) is 47.7 Å². The Morgan fingerprint density at radius 2 is 1.81 bits per heavy atom. The van der Waals surface area contributed by atoms with Gasteiger partial charge in [0.2, 0.25) is 5.91 Å². The summed E-state index contributed by atoms with van der Waals surface area (Å²) in [6.07, 6.45) is -3.36. The molecule has 1 aromatic heterocycles. The fourth-order valence-corrected chi connectivity index (χ4v) is 2.57. The molecule has 5 nitrogen and oxygen atoms in total. The van der Waals surface area contributed by atoms with Crippen LogP contribution < -0.4 is 5.32 Å². The summed E-state index contributed by atoms with van der Waals surface area (Å²) >= 11 is 0. The molecule has 2 rings (SSSR count). The lowest BCUT2D eigenvalue weighted by Gasteiger charge is -2.20. The minimum atomic E-state index is -4.51. The molecular weight excluding hydrogens is 345 g/mol. The summed E-state index contributed by atoms with van der Waals surface area (Å²) in [5, 5.41) is 6.13. The van der Waals surface area contributed by atoms with Gasteiger partial charge in [-0.1, -0.05) is 38.1 Å². The third kappa shape index (κ3) is 5.59. The van der Waals surface area contributed by atoms with Gasteiger partial charge in [0.1, 0.15) is 6.54 Å². The van der Waals surface area contributed by atoms with Crippen LogP contribution in [-0.2, 0) is 30.6 Å². The molecule has 8 heteroatoms. The van der Waals surface area contributed by atoms with E-state index >= 15 is 0 Å². The minimum absolute atomic E-state index is 0.256. The molecule has 2 aromatic rings. The van der Waals surface area contributed by atoms with Crippen LogP contribution in [0.1, 0.15) is 30.7 Å². The summed E-state index contributed by atoms with van der Waals surface area (Å²) in [6.45, 7) is 6.89. The van der Waals surface area contributed by atoms with E-state index in [0.29, 0.717) is 6.54 Å². The van der Waals surface area contributed by atoms with Crippen molar-refractivity contribution in [2.24, 2.45) is 0 Å². The summed E-state index contributed by atoms with van der Waals surface area (Å²) in [6, 6.07) is 8.66. The molecule has 1 aromatic carbocycles. The third-order valence-electron chi connectivity index (χ3n) is 4.12. The SMILES string of the molecule is CCN(CC)Cc1ccccc1CNC(=O)Cn1ccc(C(F)(F)F)n1. The topological polar surface area (TPSA) is 50.2 Å². The molecule has 0 atom stereocenters. The summed E-state index contributed by atoms with van der Waals surface area (Å²) in [5.74, 6) is -0.389. The van der Waals surface area contributed by atoms with E-state index < -0.39 is 11.9 Å². The van der Waals surface area contributed by atoms with E-state index in [2.05, 4.69) is 29.2 Å². The molecule has 0 saturated heterocycles. The van der Waals surface area contributed by atoms with Crippen molar-refractivity contribution >= 4 is 5.91 Å². The molecule has 0 aliphatic heterocycles. The molecule has 0 unspecified atom stereocenters. The van der Waals surface area contributed by atoms with Gasteiger partial charge in [0.15, 0.2) is 5.69 Å². The lowest BCUT2D eigenvalue weighted by molar-refractivity contribution is -0.141. The number of halogens is 3. The molecule has 0 saturated carbocycles. The first-order valence-corrected chi connectivity index (χ1v) is 8.50. The van der Waals surface area contributed by atoms with Gasteiger partial charge >= 0.3 is 6.18 Å². The maximum Gasteiger partial charge on any atom is 0.435 e. The van der Waals surface area contributed by atoms with Crippen LogP contribution in [0.25, 0.3) is 0 Å². The molecule has 0 radical (unpaired) electrons. The lowest BCUT2D eigenvalue weighted by atomic mass is 10.1. The smallest absolute Gasteiger partial charge is 0.350 e. The van der Waals surface area contributed by atoms with Crippen LogP contribution in [-0.4, -0.2) is 33.7 Å². The van der Waals surface area contributed by atoms with Crippen LogP contribution in [0.2, 0.25) is 0 Å². The average molecular weight is 368 g/mol. The molecule has 1 amide bonds. The van der Waals surface area contributed by atoms with Crippen molar-refractivity contribution in [1.29, 1.82) is 0 Å². The van der Waals surface area contributed by atoms with Crippen LogP contribution in [0.3, 0.4) is 0 Å². The lowest BCUT2D eigenvalue weighted by Crippen LogP contribution is -2.29. The Morgan fingerprint density at radius 1 is 1.15 bits per heavy atom. The van der Waals surface area contributed by atoms with E-state index in [1.165, 1.54) is 0 Å². The van der Waals surface area contributed by atoms with Gasteiger partial charge in [0.25, 0.3) is 0 Å². The zero-order valence-corrected chi connectivity index (χ0v) is 14.9. The number of aromatic nitrogens is 2. The Hall–Kier alpha value is -2.35. The predicted octanol–water partition coefficient (Wildman–Crippen LogP) is 3.06. The highest BCUT2D eigenvalue weighted by atomic mass is 19.4. The highest BCUT2D eigenvalue weighted by Gasteiger charge is 2.33. The zero-order chi connectivity index (χ0) is 19.2. The van der Waals surface area contributed by atoms with Crippen molar-refractivity contribution in [3.05, 3.63) is 53.3 Å². The van der Waals surface area contributed by atoms with Gasteiger partial charge in [-0.15, -0.1) is 0 Å². The minimum Gasteiger partial charge on any atom is -0.350 e. The van der Waals surface area contributed by atoms with Gasteiger partial charge in [-0.25, -0.2) is 0 Å². The van der Waals surface area contributed by atoms with Crippen LogP contribution in [0.4, 0.5) is 13.2 Å². The van der Waals surface area contributed by atoms with Crippen molar-refractivity contribution in [2.75, 3.05) is 13.1 Å². The van der Waals surface area contributed by atoms with E-state index in [-0.39, 0.29) is 12.5 Å². The molecule has 26 heavy (non-hydrogen) atoms. The standard InChI is InChI=1S/C18H23F3N4O/c1-3-24(4-2)12-15-8-6-5-7-14(15)11-22-17(26)13-25-10-9-16(23-25)18(19,20)21/h5-10H,3-4,11-13H2,1-2H3,(H,22,26). The number of benzene rings is 1. The average Bonchev–Trinajstić information content (AvgIpc) is 3.07. The van der Waals surface area contributed by atoms with Crippen LogP contribution in [0.5, 0.6) is 0 Å². The van der Waals surface area contributed by atoms with Crippen molar-refractivity contribution in [2.45, 2.75) is 39.7 Å². The molecule has 142 valence electrons. The predicted molar refractivity (Wildman–Crippen MR) is 92.1 cm³/mol. The van der Waals surface area contributed by atoms with Crippen molar-refractivity contribution in [1.82, 2.24) is 20.0 Å². The maximum atomic E-state index is 12.5. The largest absolute Gasteiger partial charge is 0.435 e. The van der Waals surface area contributed by atoms with Gasteiger partial charge in [0.05, 0.1) is 0 Å². The second-order valence-electron chi connectivity index (χ2n) is 5.90. The van der Waals surface area contributed by atoms with Crippen molar-refractivity contribution in [3.8, 4) is 0 Å². The molecule has 0 aliphatic carbocycles. The summed E-state index contributed by atoms with van der Waals surface area (Å²) in [5.41, 5.74) is 1.11. The van der Waals surface area contributed by atoms with Gasteiger partial charge in [-0.3, -0.25) is 14.4 Å². The quantitative estimate of drug-likeness (QED) is 0.779. The number of alkyl halides is 3. The number of amides is 1. The zero-order valence-electron chi connectivity index (χ0n) is 14.9. The molecule has 0 fully saturated rings. The number of nitrogens with one attached hydrogen (secondary N) is 1. The van der Waals surface area contributed by atoms with E-state index in [1.807, 2.05) is 24.3 Å². The Labute approximate surface area is 150 Å². The normalized spacial score (nSPS) is 11.8. The highest BCUT2D eigenvalue weighted by molar-refractivity contribution is 5.75. The number of carbonyl (C=O) groups excluding carboxylic acids is 1. The monoisotopic (exact) mass is 368 g/mol. The Morgan fingerprint density at radius 3 is 2.38 bits per heavy atom. The van der Waals surface area contributed by atoms with Gasteiger partial charge < -0.3 is 5.32 Å². The van der Waals surface area contributed by atoms with Gasteiger partial charge in [-0.2, -0.15) is 18.3 Å². The molecule has 1 heterocycles. The summed E-state index contributed by atoms with van der Waals surface area (Å²) < 4.78 is 38.6. The van der Waals surface area contributed by atoms with E-state index in [9.17, 15) is 18.0 Å². The van der Waals surface area contributed by atoms with Gasteiger partial charge in [0, 0.05) is 19.3 Å².